The van der Waals surface area contributed by atoms with Crippen molar-refractivity contribution in [3.8, 4) is 0 Å². The maximum absolute atomic E-state index is 12.1. The second-order valence-electron chi connectivity index (χ2n) is 6.91. The Morgan fingerprint density at radius 3 is 2.50 bits per heavy atom. The number of hydrogen-bond donors (Lipinski definition) is 1. The zero-order valence-electron chi connectivity index (χ0n) is 13.8. The lowest BCUT2D eigenvalue weighted by Gasteiger charge is -2.34. The standard InChI is InChI=1S/C18H27NO3/c1-18(2,3)22-17(21)19-11-8-15(9-12-19)16-7-5-4-6-14(16)10-13-20/h4-7,15,20H,8-13H2,1-3H3. The Hall–Kier alpha value is -1.55. The van der Waals surface area contributed by atoms with Crippen LogP contribution in [0.3, 0.4) is 0 Å². The van der Waals surface area contributed by atoms with Gasteiger partial charge in [-0.25, -0.2) is 4.79 Å². The second-order valence-corrected chi connectivity index (χ2v) is 6.91. The molecule has 0 saturated carbocycles. The number of amides is 1. The van der Waals surface area contributed by atoms with E-state index >= 15 is 0 Å². The molecular weight excluding hydrogens is 278 g/mol. The lowest BCUT2D eigenvalue weighted by molar-refractivity contribution is 0.0204. The first-order valence-corrected chi connectivity index (χ1v) is 8.07. The van der Waals surface area contributed by atoms with Crippen LogP contribution in [0.2, 0.25) is 0 Å². The maximum atomic E-state index is 12.1. The van der Waals surface area contributed by atoms with Crippen molar-refractivity contribution in [1.29, 1.82) is 0 Å². The molecule has 1 amide bonds. The van der Waals surface area contributed by atoms with Crippen LogP contribution >= 0.6 is 0 Å². The zero-order valence-corrected chi connectivity index (χ0v) is 13.8. The van der Waals surface area contributed by atoms with Crippen LogP contribution in [0.1, 0.15) is 50.7 Å². The molecule has 1 aromatic carbocycles. The summed E-state index contributed by atoms with van der Waals surface area (Å²) in [4.78, 5) is 13.9. The van der Waals surface area contributed by atoms with E-state index in [9.17, 15) is 9.90 Å². The molecule has 4 heteroatoms. The molecule has 0 aliphatic carbocycles. The average Bonchev–Trinajstić information content (AvgIpc) is 2.47. The van der Waals surface area contributed by atoms with Gasteiger partial charge in [-0.15, -0.1) is 0 Å². The van der Waals surface area contributed by atoms with Crippen LogP contribution in [-0.2, 0) is 11.2 Å². The number of benzene rings is 1. The number of aliphatic hydroxyl groups excluding tert-OH is 1. The fraction of sp³-hybridized carbons (Fsp3) is 0.611. The van der Waals surface area contributed by atoms with Gasteiger partial charge in [0.15, 0.2) is 0 Å². The van der Waals surface area contributed by atoms with Crippen molar-refractivity contribution in [3.63, 3.8) is 0 Å². The highest BCUT2D eigenvalue weighted by Gasteiger charge is 2.28. The van der Waals surface area contributed by atoms with Gasteiger partial charge in [0.05, 0.1) is 0 Å². The van der Waals surface area contributed by atoms with Crippen LogP contribution in [0.15, 0.2) is 24.3 Å². The minimum atomic E-state index is -0.443. The highest BCUT2D eigenvalue weighted by molar-refractivity contribution is 5.68. The predicted molar refractivity (Wildman–Crippen MR) is 87.0 cm³/mol. The number of piperidine rings is 1. The van der Waals surface area contributed by atoms with Crippen LogP contribution in [0, 0.1) is 0 Å². The molecule has 0 spiro atoms. The van der Waals surface area contributed by atoms with Gasteiger partial charge in [-0.1, -0.05) is 24.3 Å². The van der Waals surface area contributed by atoms with E-state index in [0.717, 1.165) is 25.9 Å². The third-order valence-corrected chi connectivity index (χ3v) is 4.02. The fourth-order valence-electron chi connectivity index (χ4n) is 2.98. The van der Waals surface area contributed by atoms with E-state index in [1.165, 1.54) is 11.1 Å². The summed E-state index contributed by atoms with van der Waals surface area (Å²) in [5.41, 5.74) is 2.10. The molecule has 2 rings (SSSR count). The number of ether oxygens (including phenoxy) is 1. The molecule has 0 atom stereocenters. The molecule has 1 aliphatic rings. The third kappa shape index (κ3) is 4.47. The molecule has 0 unspecified atom stereocenters. The molecule has 1 aliphatic heterocycles. The summed E-state index contributed by atoms with van der Waals surface area (Å²) in [6.45, 7) is 7.31. The van der Waals surface area contributed by atoms with Gasteiger partial charge in [0.1, 0.15) is 5.60 Å². The Bertz CT molecular complexity index is 499. The van der Waals surface area contributed by atoms with Crippen molar-refractivity contribution >= 4 is 6.09 Å². The molecule has 1 fully saturated rings. The van der Waals surface area contributed by atoms with E-state index in [1.54, 1.807) is 4.90 Å². The summed E-state index contributed by atoms with van der Waals surface area (Å²) in [5.74, 6) is 0.460. The normalized spacial score (nSPS) is 16.6. The lowest BCUT2D eigenvalue weighted by Crippen LogP contribution is -2.41. The Morgan fingerprint density at radius 2 is 1.91 bits per heavy atom. The number of hydrogen-bond acceptors (Lipinski definition) is 3. The van der Waals surface area contributed by atoms with Gasteiger partial charge in [-0.2, -0.15) is 0 Å². The van der Waals surface area contributed by atoms with Gasteiger partial charge in [-0.3, -0.25) is 0 Å². The largest absolute Gasteiger partial charge is 0.444 e. The summed E-state index contributed by atoms with van der Waals surface area (Å²) in [7, 11) is 0. The van der Waals surface area contributed by atoms with E-state index in [-0.39, 0.29) is 12.7 Å². The molecule has 4 nitrogen and oxygen atoms in total. The number of likely N-dealkylation sites (tertiary alicyclic amines) is 1. The van der Waals surface area contributed by atoms with E-state index < -0.39 is 5.60 Å². The summed E-state index contributed by atoms with van der Waals surface area (Å²) in [6, 6.07) is 8.31. The molecule has 0 radical (unpaired) electrons. The number of carbonyl (C=O) groups excluding carboxylic acids is 1. The van der Waals surface area contributed by atoms with Crippen molar-refractivity contribution < 1.29 is 14.6 Å². The van der Waals surface area contributed by atoms with Crippen molar-refractivity contribution in [2.75, 3.05) is 19.7 Å². The SMILES string of the molecule is CC(C)(C)OC(=O)N1CCC(c2ccccc2CCO)CC1. The van der Waals surface area contributed by atoms with E-state index in [1.807, 2.05) is 26.8 Å². The topological polar surface area (TPSA) is 49.8 Å². The second kappa shape index (κ2) is 7.14. The van der Waals surface area contributed by atoms with Gasteiger partial charge < -0.3 is 14.7 Å². The van der Waals surface area contributed by atoms with Crippen molar-refractivity contribution in [3.05, 3.63) is 35.4 Å². The molecule has 22 heavy (non-hydrogen) atoms. The van der Waals surface area contributed by atoms with Gasteiger partial charge >= 0.3 is 6.09 Å². The Labute approximate surface area is 133 Å². The quantitative estimate of drug-likeness (QED) is 0.932. The van der Waals surface area contributed by atoms with Gasteiger partial charge in [0.25, 0.3) is 0 Å². The fourth-order valence-corrected chi connectivity index (χ4v) is 2.98. The van der Waals surface area contributed by atoms with E-state index in [4.69, 9.17) is 4.74 Å². The zero-order chi connectivity index (χ0) is 16.2. The highest BCUT2D eigenvalue weighted by atomic mass is 16.6. The number of aliphatic hydroxyl groups is 1. The summed E-state index contributed by atoms with van der Waals surface area (Å²) >= 11 is 0. The van der Waals surface area contributed by atoms with Crippen LogP contribution in [-0.4, -0.2) is 41.4 Å². The average molecular weight is 305 g/mol. The number of carbonyl (C=O) groups is 1. The minimum Gasteiger partial charge on any atom is -0.444 e. The summed E-state index contributed by atoms with van der Waals surface area (Å²) in [5, 5.41) is 9.20. The van der Waals surface area contributed by atoms with Crippen molar-refractivity contribution in [1.82, 2.24) is 4.90 Å². The first-order chi connectivity index (χ1) is 10.4. The summed E-state index contributed by atoms with van der Waals surface area (Å²) in [6.07, 6.45) is 2.38. The number of nitrogens with zero attached hydrogens (tertiary/aromatic N) is 1. The predicted octanol–water partition coefficient (Wildman–Crippen LogP) is 3.34. The maximum Gasteiger partial charge on any atom is 0.410 e. The monoisotopic (exact) mass is 305 g/mol. The van der Waals surface area contributed by atoms with Crippen molar-refractivity contribution in [2.24, 2.45) is 0 Å². The van der Waals surface area contributed by atoms with Crippen molar-refractivity contribution in [2.45, 2.75) is 51.6 Å². The van der Waals surface area contributed by atoms with Crippen LogP contribution < -0.4 is 0 Å². The smallest absolute Gasteiger partial charge is 0.410 e. The molecule has 1 aromatic rings. The molecular formula is C18H27NO3. The van der Waals surface area contributed by atoms with Crippen LogP contribution in [0.4, 0.5) is 4.79 Å². The number of rotatable bonds is 3. The first kappa shape index (κ1) is 16.8. The van der Waals surface area contributed by atoms with Crippen LogP contribution in [0.5, 0.6) is 0 Å². The van der Waals surface area contributed by atoms with Crippen LogP contribution in [0.25, 0.3) is 0 Å². The Kier molecular flexibility index (Phi) is 5.46. The lowest BCUT2D eigenvalue weighted by atomic mass is 9.86. The first-order valence-electron chi connectivity index (χ1n) is 8.07. The molecule has 1 heterocycles. The van der Waals surface area contributed by atoms with Gasteiger partial charge in [-0.05, 0) is 57.1 Å². The minimum absolute atomic E-state index is 0.174. The third-order valence-electron chi connectivity index (χ3n) is 4.02. The molecule has 1 N–H and O–H groups in total. The Balaban J connectivity index is 1.96. The van der Waals surface area contributed by atoms with E-state index in [0.29, 0.717) is 12.3 Å². The molecule has 1 saturated heterocycles. The van der Waals surface area contributed by atoms with E-state index in [2.05, 4.69) is 18.2 Å². The van der Waals surface area contributed by atoms with Gasteiger partial charge in [0.2, 0.25) is 0 Å². The molecule has 0 aromatic heterocycles. The highest BCUT2D eigenvalue weighted by Crippen LogP contribution is 2.31. The Morgan fingerprint density at radius 1 is 1.27 bits per heavy atom. The molecule has 0 bridgehead atoms. The summed E-state index contributed by atoms with van der Waals surface area (Å²) < 4.78 is 5.43. The molecule has 122 valence electrons. The van der Waals surface area contributed by atoms with Gasteiger partial charge in [0, 0.05) is 19.7 Å².